The Hall–Kier alpha value is -2.23. The molecule has 0 atom stereocenters. The molecule has 31 heavy (non-hydrogen) atoms. The molecule has 0 spiro atoms. The van der Waals surface area contributed by atoms with Gasteiger partial charge in [0.25, 0.3) is 0 Å². The number of hydrogen-bond donors (Lipinski definition) is 2. The van der Waals surface area contributed by atoms with Crippen LogP contribution in [0.5, 0.6) is 11.5 Å². The summed E-state index contributed by atoms with van der Waals surface area (Å²) >= 11 is 0. The first-order chi connectivity index (χ1) is 14.6. The third-order valence-electron chi connectivity index (χ3n) is 5.33. The molecule has 0 unspecified atom stereocenters. The van der Waals surface area contributed by atoms with Crippen LogP contribution in [-0.2, 0) is 6.54 Å². The summed E-state index contributed by atoms with van der Waals surface area (Å²) in [4.78, 5) is 11.3. The number of rotatable bonds is 7. The Morgan fingerprint density at radius 3 is 2.58 bits per heavy atom. The van der Waals surface area contributed by atoms with Crippen LogP contribution in [0, 0.1) is 5.92 Å². The molecule has 1 aliphatic rings. The number of piperidine rings is 1. The quantitative estimate of drug-likeness (QED) is 0.306. The predicted molar refractivity (Wildman–Crippen MR) is 138 cm³/mol. The van der Waals surface area contributed by atoms with Crippen molar-refractivity contribution in [2.45, 2.75) is 33.2 Å². The van der Waals surface area contributed by atoms with E-state index in [-0.39, 0.29) is 24.0 Å². The number of benzene rings is 1. The van der Waals surface area contributed by atoms with Crippen molar-refractivity contribution in [1.82, 2.24) is 10.3 Å². The normalized spacial score (nSPS) is 14.6. The number of nitrogens with zero attached hydrogens (tertiary/aromatic N) is 3. The second kappa shape index (κ2) is 12.6. The number of hydrogen-bond acceptors (Lipinski definition) is 5. The molecule has 1 aromatic heterocycles. The molecule has 2 N–H and O–H groups in total. The van der Waals surface area contributed by atoms with E-state index in [4.69, 9.17) is 9.47 Å². The number of guanidine groups is 1. The Kier molecular flexibility index (Phi) is 10.2. The van der Waals surface area contributed by atoms with E-state index in [2.05, 4.69) is 44.6 Å². The zero-order valence-electron chi connectivity index (χ0n) is 18.9. The first kappa shape index (κ1) is 25.0. The molecule has 1 saturated heterocycles. The van der Waals surface area contributed by atoms with Crippen LogP contribution < -0.4 is 25.0 Å². The fourth-order valence-electron chi connectivity index (χ4n) is 3.47. The van der Waals surface area contributed by atoms with Crippen LogP contribution in [0.25, 0.3) is 0 Å². The van der Waals surface area contributed by atoms with Gasteiger partial charge in [0.15, 0.2) is 17.5 Å². The van der Waals surface area contributed by atoms with Gasteiger partial charge < -0.3 is 25.0 Å². The van der Waals surface area contributed by atoms with Gasteiger partial charge in [-0.25, -0.2) is 4.98 Å². The number of nitrogens with one attached hydrogen (secondary N) is 2. The summed E-state index contributed by atoms with van der Waals surface area (Å²) < 4.78 is 11.0. The summed E-state index contributed by atoms with van der Waals surface area (Å²) in [7, 11) is 3.38. The van der Waals surface area contributed by atoms with E-state index in [1.54, 1.807) is 14.2 Å². The van der Waals surface area contributed by atoms with Crippen molar-refractivity contribution in [2.75, 3.05) is 44.1 Å². The molecule has 8 heteroatoms. The van der Waals surface area contributed by atoms with E-state index in [1.165, 1.54) is 12.8 Å². The number of aliphatic imine (C=N–C) groups is 1. The Morgan fingerprint density at radius 1 is 1.19 bits per heavy atom. The Bertz CT molecular complexity index is 836. The van der Waals surface area contributed by atoms with E-state index in [0.29, 0.717) is 24.9 Å². The second-order valence-electron chi connectivity index (χ2n) is 7.54. The zero-order valence-corrected chi connectivity index (χ0v) is 21.2. The maximum Gasteiger partial charge on any atom is 0.195 e. The molecule has 2 heterocycles. The number of halogens is 1. The molecule has 3 rings (SSSR count). The van der Waals surface area contributed by atoms with Crippen LogP contribution >= 0.6 is 24.0 Å². The minimum Gasteiger partial charge on any atom is -0.493 e. The lowest BCUT2D eigenvalue weighted by Gasteiger charge is -2.31. The monoisotopic (exact) mass is 539 g/mol. The maximum absolute atomic E-state index is 5.57. The van der Waals surface area contributed by atoms with Crippen LogP contribution in [0.15, 0.2) is 41.5 Å². The van der Waals surface area contributed by atoms with Gasteiger partial charge in [-0.15, -0.1) is 24.0 Å². The molecule has 7 nitrogen and oxygen atoms in total. The minimum absolute atomic E-state index is 0. The molecular weight excluding hydrogens is 505 g/mol. The molecule has 170 valence electrons. The number of ether oxygens (including phenoxy) is 2. The highest BCUT2D eigenvalue weighted by atomic mass is 127. The highest BCUT2D eigenvalue weighted by molar-refractivity contribution is 14.0. The number of methoxy groups -OCH3 is 1. The van der Waals surface area contributed by atoms with Gasteiger partial charge in [-0.2, -0.15) is 0 Å². The lowest BCUT2D eigenvalue weighted by atomic mass is 9.99. The maximum atomic E-state index is 5.57. The van der Waals surface area contributed by atoms with Crippen molar-refractivity contribution >= 4 is 41.4 Å². The van der Waals surface area contributed by atoms with E-state index < -0.39 is 0 Å². The fraction of sp³-hybridized carbons (Fsp3) is 0.478. The first-order valence-corrected chi connectivity index (χ1v) is 10.6. The summed E-state index contributed by atoms with van der Waals surface area (Å²) in [5.41, 5.74) is 1.98. The van der Waals surface area contributed by atoms with Crippen LogP contribution in [-0.4, -0.2) is 44.8 Å². The molecule has 1 aromatic carbocycles. The SMILES string of the molecule is CCOc1ccc(NC(=NC)NCc2ccc(N3CCC(C)CC3)nc2)cc1OC.I. The molecule has 0 radical (unpaired) electrons. The predicted octanol–water partition coefficient (Wildman–Crippen LogP) is 4.53. The standard InChI is InChI=1S/C23H33N5O2.HI/c1-5-30-20-8-7-19(14-21(20)29-4)27-23(24-3)26-16-18-6-9-22(25-15-18)28-12-10-17(2)11-13-28;/h6-9,14-15,17H,5,10-13,16H2,1-4H3,(H2,24,26,27);1H. The van der Waals surface area contributed by atoms with Gasteiger partial charge >= 0.3 is 0 Å². The smallest absolute Gasteiger partial charge is 0.195 e. The van der Waals surface area contributed by atoms with E-state index in [0.717, 1.165) is 41.8 Å². The third-order valence-corrected chi connectivity index (χ3v) is 5.33. The van der Waals surface area contributed by atoms with Gasteiger partial charge in [-0.05, 0) is 49.4 Å². The van der Waals surface area contributed by atoms with Crippen molar-refractivity contribution in [2.24, 2.45) is 10.9 Å². The van der Waals surface area contributed by atoms with Crippen LogP contribution in [0.1, 0.15) is 32.3 Å². The fourth-order valence-corrected chi connectivity index (χ4v) is 3.47. The van der Waals surface area contributed by atoms with Crippen molar-refractivity contribution in [3.05, 3.63) is 42.1 Å². The van der Waals surface area contributed by atoms with Crippen molar-refractivity contribution in [3.8, 4) is 11.5 Å². The molecule has 0 saturated carbocycles. The van der Waals surface area contributed by atoms with Crippen molar-refractivity contribution in [1.29, 1.82) is 0 Å². The van der Waals surface area contributed by atoms with Gasteiger partial charge in [-0.3, -0.25) is 4.99 Å². The van der Waals surface area contributed by atoms with Crippen LogP contribution in [0.4, 0.5) is 11.5 Å². The number of aromatic nitrogens is 1. The molecular formula is C23H34IN5O2. The van der Waals surface area contributed by atoms with E-state index in [9.17, 15) is 0 Å². The van der Waals surface area contributed by atoms with E-state index >= 15 is 0 Å². The summed E-state index contributed by atoms with van der Waals surface area (Å²) in [5.74, 6) is 3.97. The van der Waals surface area contributed by atoms with Gasteiger partial charge in [0.2, 0.25) is 0 Å². The van der Waals surface area contributed by atoms with Gasteiger partial charge in [0.05, 0.1) is 13.7 Å². The Morgan fingerprint density at radius 2 is 1.97 bits per heavy atom. The largest absolute Gasteiger partial charge is 0.493 e. The number of pyridine rings is 1. The highest BCUT2D eigenvalue weighted by Crippen LogP contribution is 2.30. The summed E-state index contributed by atoms with van der Waals surface area (Å²) in [6, 6.07) is 9.97. The molecule has 0 aliphatic carbocycles. The Balaban J connectivity index is 0.00000341. The molecule has 2 aromatic rings. The second-order valence-corrected chi connectivity index (χ2v) is 7.54. The van der Waals surface area contributed by atoms with Crippen LogP contribution in [0.3, 0.4) is 0 Å². The Labute approximate surface area is 202 Å². The first-order valence-electron chi connectivity index (χ1n) is 10.6. The summed E-state index contributed by atoms with van der Waals surface area (Å²) in [6.07, 6.45) is 4.42. The zero-order chi connectivity index (χ0) is 21.3. The lowest BCUT2D eigenvalue weighted by molar-refractivity contribution is 0.311. The molecule has 0 amide bonds. The van der Waals surface area contributed by atoms with E-state index in [1.807, 2.05) is 31.3 Å². The molecule has 1 fully saturated rings. The molecule has 0 bridgehead atoms. The average molecular weight is 539 g/mol. The minimum atomic E-state index is 0. The summed E-state index contributed by atoms with van der Waals surface area (Å²) in [6.45, 7) is 7.69. The average Bonchev–Trinajstić information content (AvgIpc) is 2.78. The highest BCUT2D eigenvalue weighted by Gasteiger charge is 2.16. The summed E-state index contributed by atoms with van der Waals surface area (Å²) in [5, 5.41) is 6.61. The number of anilines is 2. The van der Waals surface area contributed by atoms with Crippen LogP contribution in [0.2, 0.25) is 0 Å². The third kappa shape index (κ3) is 7.15. The van der Waals surface area contributed by atoms with Gasteiger partial charge in [0.1, 0.15) is 5.82 Å². The molecule has 1 aliphatic heterocycles. The topological polar surface area (TPSA) is 71.0 Å². The van der Waals surface area contributed by atoms with Crippen molar-refractivity contribution in [3.63, 3.8) is 0 Å². The van der Waals surface area contributed by atoms with Gasteiger partial charge in [-0.1, -0.05) is 13.0 Å². The lowest BCUT2D eigenvalue weighted by Crippen LogP contribution is -2.33. The van der Waals surface area contributed by atoms with Gasteiger partial charge in [0, 0.05) is 44.6 Å². The van der Waals surface area contributed by atoms with Crippen molar-refractivity contribution < 1.29 is 9.47 Å².